The highest BCUT2D eigenvalue weighted by Crippen LogP contribution is 2.60. The van der Waals surface area contributed by atoms with Gasteiger partial charge in [-0.3, -0.25) is 19.2 Å². The molecule has 8 atom stereocenters. The summed E-state index contributed by atoms with van der Waals surface area (Å²) in [6.45, 7) is 14.7. The fraction of sp³-hybridized carbons (Fsp3) is 0.487. The molecule has 5 rings (SSSR count). The van der Waals surface area contributed by atoms with Gasteiger partial charge in [-0.25, -0.2) is 0 Å². The Kier molecular flexibility index (Phi) is 12.4. The van der Waals surface area contributed by atoms with E-state index in [4.69, 9.17) is 9.47 Å². The monoisotopic (exact) mass is 764 g/mol. The molecular formula is C39H49BrN4O7. The lowest BCUT2D eigenvalue weighted by Gasteiger charge is -2.38. The number of amides is 3. The Labute approximate surface area is 308 Å². The lowest BCUT2D eigenvalue weighted by Crippen LogP contribution is -2.59. The van der Waals surface area contributed by atoms with Gasteiger partial charge in [-0.15, -0.1) is 13.2 Å². The van der Waals surface area contributed by atoms with Crippen molar-refractivity contribution in [1.82, 2.24) is 10.2 Å². The molecule has 1 unspecified atom stereocenters. The average Bonchev–Trinajstić information content (AvgIpc) is 3.75. The van der Waals surface area contributed by atoms with Crippen molar-refractivity contribution in [3.05, 3.63) is 85.5 Å². The topological polar surface area (TPSA) is 129 Å². The van der Waals surface area contributed by atoms with E-state index in [2.05, 4.69) is 53.2 Å². The van der Waals surface area contributed by atoms with Crippen molar-refractivity contribution in [2.24, 2.45) is 11.8 Å². The van der Waals surface area contributed by atoms with Gasteiger partial charge in [-0.1, -0.05) is 58.4 Å². The van der Waals surface area contributed by atoms with E-state index in [1.165, 1.54) is 4.90 Å². The van der Waals surface area contributed by atoms with E-state index < -0.39 is 59.5 Å². The minimum atomic E-state index is -1.33. The standard InChI is InChI=1S/C39H49BrN4O7/c1-6-10-16-31(46)50-24-30(26-14-12-11-13-15-26)41-36(47)32-33-37(48)44(25(5)23-45)35(39(33)22-29(40)34(32)51-39)38(49)43(21-7-2)28-19-17-27(18-20-28)42(8-3)9-4/h6-7,11-15,17-20,25,29-30,32-35,45H,1-2,8-10,16,21-24H2,3-5H3,(H,41,47)/t25-,29?,30+,32+,33-,34+,35+,39-/m1/s1. The summed E-state index contributed by atoms with van der Waals surface area (Å²) in [4.78, 5) is 61.1. The highest BCUT2D eigenvalue weighted by atomic mass is 79.9. The van der Waals surface area contributed by atoms with Crippen molar-refractivity contribution in [3.63, 3.8) is 0 Å². The second-order valence-corrected chi connectivity index (χ2v) is 14.5. The van der Waals surface area contributed by atoms with Gasteiger partial charge in [0.05, 0.1) is 36.6 Å². The number of fused-ring (bicyclic) bond motifs is 1. The number of carbonyl (C=O) groups excluding carboxylic acids is 4. The minimum Gasteiger partial charge on any atom is -0.463 e. The summed E-state index contributed by atoms with van der Waals surface area (Å²) in [5, 5.41) is 13.4. The van der Waals surface area contributed by atoms with E-state index in [0.29, 0.717) is 18.5 Å². The van der Waals surface area contributed by atoms with Gasteiger partial charge in [-0.05, 0) is 63.4 Å². The molecule has 3 fully saturated rings. The molecule has 3 aliphatic heterocycles. The number of esters is 1. The third-order valence-corrected chi connectivity index (χ3v) is 11.2. The predicted octanol–water partition coefficient (Wildman–Crippen LogP) is 4.55. The maximum absolute atomic E-state index is 14.9. The highest BCUT2D eigenvalue weighted by molar-refractivity contribution is 9.09. The quantitative estimate of drug-likeness (QED) is 0.137. The van der Waals surface area contributed by atoms with Crippen LogP contribution in [0.4, 0.5) is 11.4 Å². The summed E-state index contributed by atoms with van der Waals surface area (Å²) in [5.74, 6) is -3.59. The fourth-order valence-corrected chi connectivity index (χ4v) is 8.83. The maximum atomic E-state index is 14.9. The summed E-state index contributed by atoms with van der Waals surface area (Å²) in [6.07, 6.45) is 3.51. The van der Waals surface area contributed by atoms with Crippen LogP contribution in [0.15, 0.2) is 79.9 Å². The number of hydrogen-bond acceptors (Lipinski definition) is 8. The zero-order chi connectivity index (χ0) is 36.9. The predicted molar refractivity (Wildman–Crippen MR) is 199 cm³/mol. The van der Waals surface area contributed by atoms with Gasteiger partial charge in [0.25, 0.3) is 5.91 Å². The second kappa shape index (κ2) is 16.6. The van der Waals surface area contributed by atoms with Gasteiger partial charge in [0.2, 0.25) is 11.8 Å². The number of allylic oxidation sites excluding steroid dienone is 1. The molecule has 12 heteroatoms. The summed E-state index contributed by atoms with van der Waals surface area (Å²) in [5.41, 5.74) is 1.04. The summed E-state index contributed by atoms with van der Waals surface area (Å²) >= 11 is 3.73. The number of nitrogens with one attached hydrogen (secondary N) is 1. The first kappa shape index (κ1) is 38.2. The number of aliphatic hydroxyl groups excluding tert-OH is 1. The van der Waals surface area contributed by atoms with Gasteiger partial charge >= 0.3 is 5.97 Å². The molecule has 3 heterocycles. The van der Waals surface area contributed by atoms with E-state index >= 15 is 0 Å². The normalized spacial score (nSPS) is 25.9. The van der Waals surface area contributed by atoms with E-state index in [1.807, 2.05) is 54.6 Å². The lowest BCUT2D eigenvalue weighted by molar-refractivity contribution is -0.146. The van der Waals surface area contributed by atoms with E-state index in [1.54, 1.807) is 24.0 Å². The zero-order valence-corrected chi connectivity index (χ0v) is 31.2. The highest BCUT2D eigenvalue weighted by Gasteiger charge is 2.77. The molecule has 2 aromatic rings. The Morgan fingerprint density at radius 2 is 1.76 bits per heavy atom. The largest absolute Gasteiger partial charge is 0.463 e. The van der Waals surface area contributed by atoms with Gasteiger partial charge in [0, 0.05) is 42.3 Å². The number of anilines is 2. The number of nitrogens with zero attached hydrogens (tertiary/aromatic N) is 3. The first-order valence-electron chi connectivity index (χ1n) is 17.7. The number of ether oxygens (including phenoxy) is 2. The molecule has 2 N–H and O–H groups in total. The molecule has 0 aliphatic carbocycles. The van der Waals surface area contributed by atoms with Crippen LogP contribution in [-0.2, 0) is 28.7 Å². The van der Waals surface area contributed by atoms with Crippen molar-refractivity contribution in [1.29, 1.82) is 0 Å². The van der Waals surface area contributed by atoms with Gasteiger partial charge < -0.3 is 34.6 Å². The third kappa shape index (κ3) is 7.36. The van der Waals surface area contributed by atoms with Crippen molar-refractivity contribution in [2.45, 2.75) is 74.7 Å². The van der Waals surface area contributed by atoms with Crippen molar-refractivity contribution >= 4 is 51.0 Å². The number of carbonyl (C=O) groups is 4. The summed E-state index contributed by atoms with van der Waals surface area (Å²) < 4.78 is 12.2. The molecule has 274 valence electrons. The first-order valence-corrected chi connectivity index (χ1v) is 18.6. The molecule has 3 amide bonds. The van der Waals surface area contributed by atoms with Crippen LogP contribution < -0.4 is 15.1 Å². The van der Waals surface area contributed by atoms with Crippen LogP contribution in [0.5, 0.6) is 0 Å². The molecule has 2 bridgehead atoms. The van der Waals surface area contributed by atoms with Crippen LogP contribution in [0.25, 0.3) is 0 Å². The van der Waals surface area contributed by atoms with E-state index in [9.17, 15) is 24.3 Å². The molecule has 0 saturated carbocycles. The van der Waals surface area contributed by atoms with Crippen LogP contribution in [0.2, 0.25) is 0 Å². The number of likely N-dealkylation sites (tertiary alicyclic amines) is 1. The summed E-state index contributed by atoms with van der Waals surface area (Å²) in [7, 11) is 0. The fourth-order valence-electron chi connectivity index (χ4n) is 7.88. The summed E-state index contributed by atoms with van der Waals surface area (Å²) in [6, 6.07) is 14.3. The van der Waals surface area contributed by atoms with E-state index in [-0.39, 0.29) is 36.9 Å². The lowest BCUT2D eigenvalue weighted by atomic mass is 9.70. The van der Waals surface area contributed by atoms with Crippen LogP contribution in [0, 0.1) is 11.8 Å². The smallest absolute Gasteiger partial charge is 0.306 e. The van der Waals surface area contributed by atoms with Crippen molar-refractivity contribution in [2.75, 3.05) is 42.6 Å². The van der Waals surface area contributed by atoms with Crippen LogP contribution in [0.3, 0.4) is 0 Å². The number of hydrogen-bond donors (Lipinski definition) is 2. The van der Waals surface area contributed by atoms with Crippen molar-refractivity contribution in [3.8, 4) is 0 Å². The Morgan fingerprint density at radius 3 is 2.37 bits per heavy atom. The van der Waals surface area contributed by atoms with Crippen molar-refractivity contribution < 1.29 is 33.8 Å². The van der Waals surface area contributed by atoms with Crippen LogP contribution in [-0.4, -0.2) is 95.2 Å². The number of aliphatic hydroxyl groups is 1. The average molecular weight is 766 g/mol. The maximum Gasteiger partial charge on any atom is 0.306 e. The van der Waals surface area contributed by atoms with Gasteiger partial charge in [-0.2, -0.15) is 0 Å². The zero-order valence-electron chi connectivity index (χ0n) is 29.6. The molecule has 0 aromatic heterocycles. The Balaban J connectivity index is 1.48. The third-order valence-electron chi connectivity index (χ3n) is 10.4. The molecule has 0 radical (unpaired) electrons. The van der Waals surface area contributed by atoms with Crippen LogP contribution >= 0.6 is 15.9 Å². The molecule has 2 aromatic carbocycles. The Morgan fingerprint density at radius 1 is 1.10 bits per heavy atom. The molecular weight excluding hydrogens is 716 g/mol. The number of benzene rings is 2. The Bertz CT molecular complexity index is 1590. The SMILES string of the molecule is C=CCCC(=O)OC[C@H](NC(=O)[C@@H]1[C@H]2O[C@@]3(CC2Br)[C@H](C(=O)N(CC=C)c2ccc(N(CC)CC)cc2)N([C@H](C)CO)C(=O)[C@@H]13)c1ccccc1. The molecule has 11 nitrogen and oxygen atoms in total. The minimum absolute atomic E-state index is 0.107. The molecule has 3 aliphatic rings. The number of rotatable bonds is 17. The molecule has 51 heavy (non-hydrogen) atoms. The van der Waals surface area contributed by atoms with Gasteiger partial charge in [0.15, 0.2) is 0 Å². The molecule has 1 spiro atoms. The second-order valence-electron chi connectivity index (χ2n) is 13.3. The molecule has 3 saturated heterocycles. The van der Waals surface area contributed by atoms with E-state index in [0.717, 1.165) is 24.3 Å². The number of halogens is 1. The van der Waals surface area contributed by atoms with Crippen LogP contribution in [0.1, 0.15) is 51.6 Å². The van der Waals surface area contributed by atoms with Gasteiger partial charge in [0.1, 0.15) is 18.2 Å². The first-order chi connectivity index (χ1) is 24.6. The number of alkyl halides is 1. The Hall–Kier alpha value is -4.00.